The second kappa shape index (κ2) is 8.38. The summed E-state index contributed by atoms with van der Waals surface area (Å²) in [6, 6.07) is 17.5. The van der Waals surface area contributed by atoms with Crippen molar-refractivity contribution in [1.29, 1.82) is 0 Å². The Balaban J connectivity index is 2.21. The summed E-state index contributed by atoms with van der Waals surface area (Å²) >= 11 is 0. The Morgan fingerprint density at radius 1 is 0.920 bits per heavy atom. The zero-order chi connectivity index (χ0) is 18.3. The molecule has 2 aromatic rings. The van der Waals surface area contributed by atoms with Crippen molar-refractivity contribution in [3.8, 4) is 23.3 Å². The van der Waals surface area contributed by atoms with Crippen LogP contribution in [0.15, 0.2) is 54.6 Å². The molecule has 0 unspecified atom stereocenters. The molecule has 25 heavy (non-hydrogen) atoms. The first-order chi connectivity index (χ1) is 11.8. The summed E-state index contributed by atoms with van der Waals surface area (Å²) in [6.07, 6.45) is -0.527. The predicted octanol–water partition coefficient (Wildman–Crippen LogP) is 4.57. The lowest BCUT2D eigenvalue weighted by Crippen LogP contribution is -2.17. The Bertz CT molecular complexity index is 839. The van der Waals surface area contributed by atoms with Gasteiger partial charge in [-0.05, 0) is 24.3 Å². The van der Waals surface area contributed by atoms with Crippen LogP contribution in [0.25, 0.3) is 0 Å². The molecule has 2 aromatic carbocycles. The third-order valence-corrected chi connectivity index (χ3v) is 4.09. The predicted molar refractivity (Wildman–Crippen MR) is 104 cm³/mol. The number of carbonyl (C=O) groups is 1. The van der Waals surface area contributed by atoms with Crippen molar-refractivity contribution in [3.63, 3.8) is 0 Å². The molecule has 0 aliphatic rings. The van der Waals surface area contributed by atoms with Crippen molar-refractivity contribution in [2.45, 2.75) is 32.7 Å². The average Bonchev–Trinajstić information content (AvgIpc) is 2.57. The van der Waals surface area contributed by atoms with Crippen LogP contribution in [-0.2, 0) is 9.53 Å². The fraction of sp³-hybridized carbons (Fsp3) is 0.227. The molecule has 1 atom stereocenters. The zero-order valence-corrected chi connectivity index (χ0v) is 16.1. The van der Waals surface area contributed by atoms with Gasteiger partial charge in [0.1, 0.15) is 8.07 Å². The summed E-state index contributed by atoms with van der Waals surface area (Å²) in [5, 5.41) is 0. The van der Waals surface area contributed by atoms with Gasteiger partial charge in [-0.2, -0.15) is 0 Å². The van der Waals surface area contributed by atoms with Crippen molar-refractivity contribution < 1.29 is 9.53 Å². The van der Waals surface area contributed by atoms with Gasteiger partial charge in [0.05, 0.1) is 0 Å². The lowest BCUT2D eigenvalue weighted by Gasteiger charge is -2.13. The van der Waals surface area contributed by atoms with Crippen LogP contribution in [0.2, 0.25) is 19.6 Å². The quantitative estimate of drug-likeness (QED) is 0.452. The summed E-state index contributed by atoms with van der Waals surface area (Å²) < 4.78 is 5.37. The van der Waals surface area contributed by atoms with Crippen molar-refractivity contribution in [2.24, 2.45) is 0 Å². The number of benzene rings is 2. The van der Waals surface area contributed by atoms with E-state index in [2.05, 4.69) is 42.9 Å². The molecule has 2 nitrogen and oxygen atoms in total. The smallest absolute Gasteiger partial charge is 0.304 e. The highest BCUT2D eigenvalue weighted by Crippen LogP contribution is 2.18. The third-order valence-electron chi connectivity index (χ3n) is 3.20. The molecule has 0 saturated heterocycles. The van der Waals surface area contributed by atoms with Gasteiger partial charge >= 0.3 is 5.97 Å². The molecule has 0 N–H and O–H groups in total. The van der Waals surface area contributed by atoms with Crippen LogP contribution < -0.4 is 0 Å². The van der Waals surface area contributed by atoms with Gasteiger partial charge in [-0.15, -0.1) is 5.54 Å². The van der Waals surface area contributed by atoms with Crippen LogP contribution in [0.5, 0.6) is 0 Å². The lowest BCUT2D eigenvalue weighted by molar-refractivity contribution is -0.144. The van der Waals surface area contributed by atoms with Crippen LogP contribution in [0.1, 0.15) is 29.7 Å². The van der Waals surface area contributed by atoms with E-state index in [-0.39, 0.29) is 5.97 Å². The first-order valence-electron chi connectivity index (χ1n) is 8.20. The van der Waals surface area contributed by atoms with Crippen molar-refractivity contribution in [2.75, 3.05) is 0 Å². The Labute approximate surface area is 151 Å². The van der Waals surface area contributed by atoms with Crippen LogP contribution in [-0.4, -0.2) is 14.0 Å². The summed E-state index contributed by atoms with van der Waals surface area (Å²) in [5.74, 6) is 9.05. The number of ether oxygens (including phenoxy) is 1. The van der Waals surface area contributed by atoms with Gasteiger partial charge in [0.25, 0.3) is 0 Å². The molecule has 0 saturated carbocycles. The van der Waals surface area contributed by atoms with Gasteiger partial charge in [-0.1, -0.05) is 67.7 Å². The highest BCUT2D eigenvalue weighted by molar-refractivity contribution is 6.83. The molecule has 0 amide bonds. The van der Waals surface area contributed by atoms with E-state index >= 15 is 0 Å². The first kappa shape index (κ1) is 18.6. The molecule has 0 spiro atoms. The molecule has 0 aromatic heterocycles. The molecule has 126 valence electrons. The minimum atomic E-state index is -1.54. The van der Waals surface area contributed by atoms with Gasteiger partial charge in [0.15, 0.2) is 6.10 Å². The SMILES string of the molecule is CC(=O)O[C@H](C#C[Si](C)(C)C)c1ccc(C#Cc2ccccc2)cc1. The molecule has 0 heterocycles. The third kappa shape index (κ3) is 6.71. The Morgan fingerprint density at radius 2 is 1.48 bits per heavy atom. The molecule has 0 aliphatic carbocycles. The maximum Gasteiger partial charge on any atom is 0.304 e. The normalized spacial score (nSPS) is 11.4. The number of hydrogen-bond donors (Lipinski definition) is 0. The fourth-order valence-electron chi connectivity index (χ4n) is 2.04. The minimum absolute atomic E-state index is 0.331. The number of esters is 1. The molecule has 0 radical (unpaired) electrons. The number of rotatable bonds is 2. The first-order valence-corrected chi connectivity index (χ1v) is 11.7. The summed E-state index contributed by atoms with van der Waals surface area (Å²) in [4.78, 5) is 11.4. The average molecular weight is 347 g/mol. The fourth-order valence-corrected chi connectivity index (χ4v) is 2.60. The Kier molecular flexibility index (Phi) is 6.23. The summed E-state index contributed by atoms with van der Waals surface area (Å²) in [6.45, 7) is 7.89. The summed E-state index contributed by atoms with van der Waals surface area (Å²) in [5.41, 5.74) is 6.02. The van der Waals surface area contributed by atoms with Gasteiger partial charge in [-0.3, -0.25) is 4.79 Å². The van der Waals surface area contributed by atoms with Crippen molar-refractivity contribution in [3.05, 3.63) is 71.3 Å². The van der Waals surface area contributed by atoms with Crippen molar-refractivity contribution in [1.82, 2.24) is 0 Å². The van der Waals surface area contributed by atoms with E-state index in [9.17, 15) is 4.79 Å². The van der Waals surface area contributed by atoms with Crippen LogP contribution >= 0.6 is 0 Å². The van der Waals surface area contributed by atoms with E-state index in [0.29, 0.717) is 0 Å². The maximum absolute atomic E-state index is 11.4. The second-order valence-corrected chi connectivity index (χ2v) is 11.5. The Morgan fingerprint density at radius 3 is 2.00 bits per heavy atom. The molecular weight excluding hydrogens is 324 g/mol. The zero-order valence-electron chi connectivity index (χ0n) is 15.1. The Hall–Kier alpha value is -2.75. The van der Waals surface area contributed by atoms with Crippen molar-refractivity contribution >= 4 is 14.0 Å². The molecular formula is C22H22O2Si. The largest absolute Gasteiger partial charge is 0.444 e. The van der Waals surface area contributed by atoms with Crippen LogP contribution in [0, 0.1) is 23.3 Å². The molecule has 0 aliphatic heterocycles. The monoisotopic (exact) mass is 346 g/mol. The van der Waals surface area contributed by atoms with E-state index in [0.717, 1.165) is 16.7 Å². The van der Waals surface area contributed by atoms with E-state index < -0.39 is 14.2 Å². The second-order valence-electron chi connectivity index (χ2n) is 6.75. The molecule has 2 rings (SSSR count). The summed E-state index contributed by atoms with van der Waals surface area (Å²) in [7, 11) is -1.54. The van der Waals surface area contributed by atoms with Crippen LogP contribution in [0.4, 0.5) is 0 Å². The lowest BCUT2D eigenvalue weighted by atomic mass is 10.1. The van der Waals surface area contributed by atoms with Gasteiger partial charge < -0.3 is 4.74 Å². The van der Waals surface area contributed by atoms with E-state index in [4.69, 9.17) is 4.74 Å². The number of hydrogen-bond acceptors (Lipinski definition) is 2. The number of carbonyl (C=O) groups excluding carboxylic acids is 1. The van der Waals surface area contributed by atoms with E-state index in [1.807, 2.05) is 54.6 Å². The maximum atomic E-state index is 11.4. The minimum Gasteiger partial charge on any atom is -0.444 e. The topological polar surface area (TPSA) is 26.3 Å². The molecule has 3 heteroatoms. The molecule has 0 fully saturated rings. The highest BCUT2D eigenvalue weighted by atomic mass is 28.3. The van der Waals surface area contributed by atoms with Gasteiger partial charge in [0, 0.05) is 23.6 Å². The standard InChI is InChI=1S/C22H22O2Si/c1-18(23)24-22(16-17-25(2,3)4)21-14-12-20(13-15-21)11-10-19-8-6-5-7-9-19/h5-9,12-15,22H,1-4H3/t22-/m1/s1. The highest BCUT2D eigenvalue weighted by Gasteiger charge is 2.14. The van der Waals surface area contributed by atoms with Gasteiger partial charge in [0.2, 0.25) is 0 Å². The van der Waals surface area contributed by atoms with E-state index in [1.54, 1.807) is 0 Å². The molecule has 0 bridgehead atoms. The van der Waals surface area contributed by atoms with E-state index in [1.165, 1.54) is 6.92 Å². The van der Waals surface area contributed by atoms with Gasteiger partial charge in [-0.25, -0.2) is 0 Å². The van der Waals surface area contributed by atoms with Crippen LogP contribution in [0.3, 0.4) is 0 Å².